The first-order valence-corrected chi connectivity index (χ1v) is 8.11. The minimum absolute atomic E-state index is 0.0338. The fourth-order valence-corrected chi connectivity index (χ4v) is 3.32. The molecule has 4 rings (SSSR count). The molecule has 1 atom stereocenters. The lowest BCUT2D eigenvalue weighted by atomic mass is 10.1. The number of aromatic nitrogens is 4. The van der Waals surface area contributed by atoms with Crippen LogP contribution in [0.25, 0.3) is 11.0 Å². The lowest BCUT2D eigenvalue weighted by Gasteiger charge is -2.39. The number of aliphatic hydroxyl groups excluding tert-OH is 1. The number of β-amino-alcohol motifs (C(OH)–C–C–N with tert-alkyl or cyclic N) is 1. The van der Waals surface area contributed by atoms with Crippen molar-refractivity contribution < 1.29 is 9.84 Å². The van der Waals surface area contributed by atoms with Crippen molar-refractivity contribution in [1.29, 1.82) is 0 Å². The van der Waals surface area contributed by atoms with Gasteiger partial charge in [-0.2, -0.15) is 5.10 Å². The highest BCUT2D eigenvalue weighted by Crippen LogP contribution is 2.26. The molecule has 0 spiro atoms. The van der Waals surface area contributed by atoms with E-state index in [0.717, 1.165) is 12.8 Å². The van der Waals surface area contributed by atoms with E-state index in [4.69, 9.17) is 4.74 Å². The summed E-state index contributed by atoms with van der Waals surface area (Å²) in [5.74, 6) is 0.628. The molecule has 0 saturated carbocycles. The zero-order valence-electron chi connectivity index (χ0n) is 13.1. The molecule has 8 nitrogen and oxygen atoms in total. The van der Waals surface area contributed by atoms with Crippen LogP contribution in [0.4, 0.5) is 0 Å². The van der Waals surface area contributed by atoms with E-state index in [-0.39, 0.29) is 23.7 Å². The molecular formula is C15H21N5O3. The van der Waals surface area contributed by atoms with Crippen LogP contribution in [-0.4, -0.2) is 62.2 Å². The van der Waals surface area contributed by atoms with Crippen molar-refractivity contribution in [3.05, 3.63) is 22.4 Å². The molecule has 2 aliphatic heterocycles. The number of aromatic amines is 1. The van der Waals surface area contributed by atoms with Gasteiger partial charge in [-0.05, 0) is 19.8 Å². The molecule has 0 bridgehead atoms. The van der Waals surface area contributed by atoms with E-state index in [1.54, 1.807) is 6.20 Å². The van der Waals surface area contributed by atoms with Crippen LogP contribution < -0.4 is 5.56 Å². The summed E-state index contributed by atoms with van der Waals surface area (Å²) in [5, 5.41) is 14.4. The van der Waals surface area contributed by atoms with Gasteiger partial charge in [0.25, 0.3) is 5.56 Å². The molecule has 0 unspecified atom stereocenters. The predicted octanol–water partition coefficient (Wildman–Crippen LogP) is 0.209. The molecule has 8 heteroatoms. The molecule has 2 N–H and O–H groups in total. The van der Waals surface area contributed by atoms with Crippen molar-refractivity contribution in [2.75, 3.05) is 26.3 Å². The standard InChI is InChI=1S/C15H21N5O3/c1-9(19-7-11(21)8-19)13-17-14-12(15(22)18-13)6-16-20(14)10-2-4-23-5-3-10/h6,9-11,21H,2-5,7-8H2,1H3,(H,17,18,22)/t9-/m1/s1. The van der Waals surface area contributed by atoms with Crippen molar-refractivity contribution in [3.8, 4) is 0 Å². The van der Waals surface area contributed by atoms with Gasteiger partial charge in [-0.1, -0.05) is 0 Å². The molecule has 0 amide bonds. The van der Waals surface area contributed by atoms with Crippen molar-refractivity contribution in [2.24, 2.45) is 0 Å². The van der Waals surface area contributed by atoms with Crippen molar-refractivity contribution in [3.63, 3.8) is 0 Å². The smallest absolute Gasteiger partial charge is 0.262 e. The number of rotatable bonds is 3. The summed E-state index contributed by atoms with van der Waals surface area (Å²) >= 11 is 0. The minimum atomic E-state index is -0.277. The highest BCUT2D eigenvalue weighted by atomic mass is 16.5. The number of likely N-dealkylation sites (tertiary alicyclic amines) is 1. The summed E-state index contributed by atoms with van der Waals surface area (Å²) in [6, 6.07) is 0.193. The molecular weight excluding hydrogens is 298 g/mol. The summed E-state index contributed by atoms with van der Waals surface area (Å²) in [6.07, 6.45) is 3.09. The zero-order chi connectivity index (χ0) is 16.0. The van der Waals surface area contributed by atoms with Gasteiger partial charge in [-0.3, -0.25) is 9.69 Å². The number of ether oxygens (including phenoxy) is 1. The average molecular weight is 319 g/mol. The maximum atomic E-state index is 12.4. The number of fused-ring (bicyclic) bond motifs is 1. The maximum Gasteiger partial charge on any atom is 0.262 e. The van der Waals surface area contributed by atoms with Crippen LogP contribution in [0.2, 0.25) is 0 Å². The lowest BCUT2D eigenvalue weighted by molar-refractivity contribution is -0.0230. The Morgan fingerprint density at radius 2 is 2.13 bits per heavy atom. The van der Waals surface area contributed by atoms with Gasteiger partial charge in [0, 0.05) is 26.3 Å². The Kier molecular flexibility index (Phi) is 3.67. The van der Waals surface area contributed by atoms with E-state index in [2.05, 4.69) is 20.0 Å². The van der Waals surface area contributed by atoms with E-state index >= 15 is 0 Å². The van der Waals surface area contributed by atoms with E-state index in [1.165, 1.54) is 0 Å². The first-order valence-electron chi connectivity index (χ1n) is 8.11. The summed E-state index contributed by atoms with van der Waals surface area (Å²) < 4.78 is 7.27. The number of nitrogens with one attached hydrogen (secondary N) is 1. The molecule has 23 heavy (non-hydrogen) atoms. The molecule has 2 aromatic heterocycles. The Labute approximate surface area is 133 Å². The first-order chi connectivity index (χ1) is 11.1. The van der Waals surface area contributed by atoms with Gasteiger partial charge in [-0.15, -0.1) is 0 Å². The third-order valence-electron chi connectivity index (χ3n) is 4.85. The Hall–Kier alpha value is -1.77. The molecule has 124 valence electrons. The van der Waals surface area contributed by atoms with E-state index in [0.29, 0.717) is 43.2 Å². The normalized spacial score (nSPS) is 22.3. The highest BCUT2D eigenvalue weighted by molar-refractivity contribution is 5.73. The fourth-order valence-electron chi connectivity index (χ4n) is 3.32. The third-order valence-corrected chi connectivity index (χ3v) is 4.85. The summed E-state index contributed by atoms with van der Waals surface area (Å²) in [7, 11) is 0. The third kappa shape index (κ3) is 2.56. The van der Waals surface area contributed by atoms with Crippen molar-refractivity contribution in [2.45, 2.75) is 38.0 Å². The van der Waals surface area contributed by atoms with Crippen molar-refractivity contribution in [1.82, 2.24) is 24.6 Å². The van der Waals surface area contributed by atoms with Crippen LogP contribution in [0.1, 0.15) is 37.7 Å². The lowest BCUT2D eigenvalue weighted by Crippen LogP contribution is -2.51. The summed E-state index contributed by atoms with van der Waals surface area (Å²) in [6.45, 7) is 4.64. The number of H-pyrrole nitrogens is 1. The summed E-state index contributed by atoms with van der Waals surface area (Å²) in [4.78, 5) is 22.0. The number of hydrogen-bond acceptors (Lipinski definition) is 6. The predicted molar refractivity (Wildman–Crippen MR) is 83.2 cm³/mol. The second-order valence-electron chi connectivity index (χ2n) is 6.40. The number of hydrogen-bond donors (Lipinski definition) is 2. The maximum absolute atomic E-state index is 12.4. The van der Waals surface area contributed by atoms with Gasteiger partial charge in [0.05, 0.1) is 24.4 Å². The fraction of sp³-hybridized carbons (Fsp3) is 0.667. The average Bonchev–Trinajstić information content (AvgIpc) is 2.96. The highest BCUT2D eigenvalue weighted by Gasteiger charge is 2.31. The van der Waals surface area contributed by atoms with Crippen molar-refractivity contribution >= 4 is 11.0 Å². The Morgan fingerprint density at radius 1 is 1.39 bits per heavy atom. The Morgan fingerprint density at radius 3 is 2.83 bits per heavy atom. The SMILES string of the molecule is C[C@H](c1nc2c(cnn2C2CCOCC2)c(=O)[nH]1)N1CC(O)C1. The van der Waals surface area contributed by atoms with Crippen LogP contribution in [-0.2, 0) is 4.74 Å². The molecule has 0 aromatic carbocycles. The zero-order valence-corrected chi connectivity index (χ0v) is 13.1. The quantitative estimate of drug-likeness (QED) is 0.839. The van der Waals surface area contributed by atoms with Gasteiger partial charge in [-0.25, -0.2) is 9.67 Å². The summed E-state index contributed by atoms with van der Waals surface area (Å²) in [5.41, 5.74) is 0.486. The van der Waals surface area contributed by atoms with Gasteiger partial charge in [0.1, 0.15) is 11.2 Å². The number of nitrogens with zero attached hydrogens (tertiary/aromatic N) is 4. The largest absolute Gasteiger partial charge is 0.390 e. The second kappa shape index (κ2) is 5.70. The first kappa shape index (κ1) is 14.8. The van der Waals surface area contributed by atoms with Crippen LogP contribution >= 0.6 is 0 Å². The minimum Gasteiger partial charge on any atom is -0.390 e. The van der Waals surface area contributed by atoms with Crippen LogP contribution in [0.5, 0.6) is 0 Å². The molecule has 2 saturated heterocycles. The van der Waals surface area contributed by atoms with E-state index < -0.39 is 0 Å². The molecule has 4 heterocycles. The van der Waals surface area contributed by atoms with Gasteiger partial charge in [0.15, 0.2) is 5.65 Å². The Bertz CT molecular complexity index is 758. The monoisotopic (exact) mass is 319 g/mol. The van der Waals surface area contributed by atoms with Crippen LogP contribution in [0.15, 0.2) is 11.0 Å². The molecule has 2 fully saturated rings. The molecule has 2 aromatic rings. The topological polar surface area (TPSA) is 96.3 Å². The van der Waals surface area contributed by atoms with Gasteiger partial charge < -0.3 is 14.8 Å². The van der Waals surface area contributed by atoms with E-state index in [1.807, 2.05) is 11.6 Å². The van der Waals surface area contributed by atoms with Gasteiger partial charge in [0.2, 0.25) is 0 Å². The van der Waals surface area contributed by atoms with Gasteiger partial charge >= 0.3 is 0 Å². The molecule has 2 aliphatic rings. The molecule has 0 radical (unpaired) electrons. The van der Waals surface area contributed by atoms with Crippen LogP contribution in [0.3, 0.4) is 0 Å². The Balaban J connectivity index is 1.71. The number of aliphatic hydroxyl groups is 1. The van der Waals surface area contributed by atoms with Crippen LogP contribution in [0, 0.1) is 0 Å². The molecule has 0 aliphatic carbocycles. The van der Waals surface area contributed by atoms with E-state index in [9.17, 15) is 9.90 Å². The second-order valence-corrected chi connectivity index (χ2v) is 6.40.